The van der Waals surface area contributed by atoms with Crippen molar-refractivity contribution in [1.82, 2.24) is 9.71 Å². The summed E-state index contributed by atoms with van der Waals surface area (Å²) in [5, 5.41) is 3.70. The number of benzene rings is 2. The molecule has 1 heterocycles. The van der Waals surface area contributed by atoms with Gasteiger partial charge in [-0.15, -0.1) is 0 Å². The molecule has 142 valence electrons. The molecule has 3 aromatic rings. The highest BCUT2D eigenvalue weighted by Crippen LogP contribution is 2.18. The molecule has 1 amide bonds. The van der Waals surface area contributed by atoms with E-state index in [9.17, 15) is 13.2 Å². The van der Waals surface area contributed by atoms with E-state index in [0.29, 0.717) is 11.4 Å². The molecule has 0 radical (unpaired) electrons. The first-order chi connectivity index (χ1) is 12.9. The Morgan fingerprint density at radius 2 is 1.85 bits per heavy atom. The largest absolute Gasteiger partial charge is 0.383 e. The number of fused-ring (bicyclic) bond motifs is 1. The second kappa shape index (κ2) is 7.91. The number of H-pyrrole nitrogens is 1. The van der Waals surface area contributed by atoms with E-state index in [4.69, 9.17) is 4.74 Å². The lowest BCUT2D eigenvalue weighted by molar-refractivity contribution is 0.102. The minimum Gasteiger partial charge on any atom is -0.383 e. The van der Waals surface area contributed by atoms with E-state index in [0.717, 1.165) is 10.9 Å². The van der Waals surface area contributed by atoms with Crippen molar-refractivity contribution in [3.05, 3.63) is 60.3 Å². The maximum absolute atomic E-state index is 12.4. The maximum atomic E-state index is 12.4. The number of aromatic amines is 1. The second-order valence-corrected chi connectivity index (χ2v) is 7.94. The van der Waals surface area contributed by atoms with Gasteiger partial charge in [-0.25, -0.2) is 13.1 Å². The number of hydrogen-bond donors (Lipinski definition) is 3. The molecule has 7 nitrogen and oxygen atoms in total. The molecule has 1 atom stereocenters. The smallest absolute Gasteiger partial charge is 0.272 e. The Bertz CT molecular complexity index is 1010. The number of anilines is 1. The van der Waals surface area contributed by atoms with Crippen LogP contribution in [-0.2, 0) is 14.8 Å². The van der Waals surface area contributed by atoms with Crippen LogP contribution >= 0.6 is 0 Å². The Kier molecular flexibility index (Phi) is 5.59. The van der Waals surface area contributed by atoms with Crippen LogP contribution in [-0.4, -0.2) is 39.1 Å². The normalized spacial score (nSPS) is 12.8. The van der Waals surface area contributed by atoms with E-state index in [1.165, 1.54) is 19.2 Å². The minimum absolute atomic E-state index is 0.120. The predicted octanol–water partition coefficient (Wildman–Crippen LogP) is 2.73. The van der Waals surface area contributed by atoms with E-state index in [1.807, 2.05) is 24.3 Å². The van der Waals surface area contributed by atoms with E-state index in [2.05, 4.69) is 15.0 Å². The zero-order chi connectivity index (χ0) is 19.4. The molecule has 8 heteroatoms. The number of aromatic nitrogens is 1. The average molecular weight is 387 g/mol. The summed E-state index contributed by atoms with van der Waals surface area (Å²) in [7, 11) is -2.14. The topological polar surface area (TPSA) is 100 Å². The van der Waals surface area contributed by atoms with Gasteiger partial charge in [0, 0.05) is 29.7 Å². The first-order valence-electron chi connectivity index (χ1n) is 8.39. The van der Waals surface area contributed by atoms with Gasteiger partial charge in [0.05, 0.1) is 11.5 Å². The molecular weight excluding hydrogens is 366 g/mol. The quantitative estimate of drug-likeness (QED) is 0.580. The Morgan fingerprint density at radius 1 is 1.15 bits per heavy atom. The van der Waals surface area contributed by atoms with Crippen molar-refractivity contribution < 1.29 is 17.9 Å². The van der Waals surface area contributed by atoms with Gasteiger partial charge < -0.3 is 15.0 Å². The third kappa shape index (κ3) is 4.54. The van der Waals surface area contributed by atoms with Gasteiger partial charge in [-0.1, -0.05) is 18.2 Å². The molecule has 2 aromatic carbocycles. The van der Waals surface area contributed by atoms with Crippen molar-refractivity contribution >= 4 is 32.5 Å². The van der Waals surface area contributed by atoms with Gasteiger partial charge in [-0.05, 0) is 43.3 Å². The molecule has 0 aliphatic carbocycles. The van der Waals surface area contributed by atoms with Crippen LogP contribution in [0.3, 0.4) is 0 Å². The molecule has 0 aliphatic heterocycles. The third-order valence-corrected chi connectivity index (χ3v) is 5.58. The van der Waals surface area contributed by atoms with Gasteiger partial charge >= 0.3 is 0 Å². The van der Waals surface area contributed by atoms with Crippen molar-refractivity contribution in [2.24, 2.45) is 0 Å². The van der Waals surface area contributed by atoms with Gasteiger partial charge in [0.15, 0.2) is 0 Å². The lowest BCUT2D eigenvalue weighted by Crippen LogP contribution is -2.35. The zero-order valence-electron chi connectivity index (χ0n) is 15.0. The third-order valence-electron chi connectivity index (χ3n) is 3.97. The van der Waals surface area contributed by atoms with Crippen LogP contribution in [0.1, 0.15) is 17.4 Å². The predicted molar refractivity (Wildman–Crippen MR) is 104 cm³/mol. The van der Waals surface area contributed by atoms with Crippen LogP contribution in [0, 0.1) is 0 Å². The first kappa shape index (κ1) is 19.1. The van der Waals surface area contributed by atoms with E-state index >= 15 is 0 Å². The molecule has 0 bridgehead atoms. The Hall–Kier alpha value is -2.68. The van der Waals surface area contributed by atoms with Gasteiger partial charge in [-0.2, -0.15) is 0 Å². The molecule has 1 aromatic heterocycles. The van der Waals surface area contributed by atoms with Crippen molar-refractivity contribution in [3.8, 4) is 0 Å². The average Bonchev–Trinajstić information content (AvgIpc) is 3.06. The molecule has 0 unspecified atom stereocenters. The Labute approximate surface area is 157 Å². The van der Waals surface area contributed by atoms with Gasteiger partial charge in [0.25, 0.3) is 5.91 Å². The molecule has 0 saturated heterocycles. The summed E-state index contributed by atoms with van der Waals surface area (Å²) in [5.74, 6) is -0.298. The van der Waals surface area contributed by atoms with Gasteiger partial charge in [0.1, 0.15) is 5.69 Å². The fraction of sp³-hybridized carbons (Fsp3) is 0.211. The Balaban J connectivity index is 1.70. The number of para-hydroxylation sites is 1. The van der Waals surface area contributed by atoms with E-state index in [-0.39, 0.29) is 23.5 Å². The van der Waals surface area contributed by atoms with Crippen molar-refractivity contribution in [2.75, 3.05) is 19.0 Å². The van der Waals surface area contributed by atoms with Crippen molar-refractivity contribution in [3.63, 3.8) is 0 Å². The summed E-state index contributed by atoms with van der Waals surface area (Å²) in [6.07, 6.45) is 0. The SMILES string of the molecule is COC[C@@H](C)NS(=O)(=O)c1ccc(NC(=O)c2cc3ccccc3[nH]2)cc1. The molecule has 3 rings (SSSR count). The summed E-state index contributed by atoms with van der Waals surface area (Å²) in [6.45, 7) is 1.99. The summed E-state index contributed by atoms with van der Waals surface area (Å²) in [6, 6.07) is 15.0. The van der Waals surface area contributed by atoms with Crippen LogP contribution < -0.4 is 10.0 Å². The monoisotopic (exact) mass is 387 g/mol. The molecule has 0 aliphatic rings. The fourth-order valence-corrected chi connectivity index (χ4v) is 3.96. The van der Waals surface area contributed by atoms with E-state index < -0.39 is 10.0 Å². The fourth-order valence-electron chi connectivity index (χ4n) is 2.73. The number of sulfonamides is 1. The summed E-state index contributed by atoms with van der Waals surface area (Å²) >= 11 is 0. The molecule has 0 fully saturated rings. The van der Waals surface area contributed by atoms with Crippen molar-refractivity contribution in [1.29, 1.82) is 0 Å². The highest BCUT2D eigenvalue weighted by Gasteiger charge is 2.17. The molecule has 3 N–H and O–H groups in total. The van der Waals surface area contributed by atoms with E-state index in [1.54, 1.807) is 25.1 Å². The molecule has 27 heavy (non-hydrogen) atoms. The molecule has 0 saturated carbocycles. The zero-order valence-corrected chi connectivity index (χ0v) is 15.8. The van der Waals surface area contributed by atoms with Crippen LogP contribution in [0.25, 0.3) is 10.9 Å². The standard InChI is InChI=1S/C19H21N3O4S/c1-13(12-26-2)22-27(24,25)16-9-7-15(8-10-16)20-19(23)18-11-14-5-3-4-6-17(14)21-18/h3-11,13,21-22H,12H2,1-2H3,(H,20,23)/t13-/m1/s1. The maximum Gasteiger partial charge on any atom is 0.272 e. The van der Waals surface area contributed by atoms with Crippen LogP contribution in [0.4, 0.5) is 5.69 Å². The van der Waals surface area contributed by atoms with Gasteiger partial charge in [0.2, 0.25) is 10.0 Å². The molecular formula is C19H21N3O4S. The number of hydrogen-bond acceptors (Lipinski definition) is 4. The lowest BCUT2D eigenvalue weighted by Gasteiger charge is -2.13. The van der Waals surface area contributed by atoms with Gasteiger partial charge in [-0.3, -0.25) is 4.79 Å². The first-order valence-corrected chi connectivity index (χ1v) is 9.88. The number of rotatable bonds is 7. The highest BCUT2D eigenvalue weighted by atomic mass is 32.2. The molecule has 0 spiro atoms. The van der Waals surface area contributed by atoms with Crippen LogP contribution in [0.2, 0.25) is 0 Å². The summed E-state index contributed by atoms with van der Waals surface area (Å²) < 4.78 is 32.1. The summed E-state index contributed by atoms with van der Waals surface area (Å²) in [4.78, 5) is 15.6. The number of carbonyl (C=O) groups is 1. The number of carbonyl (C=O) groups excluding carboxylic acids is 1. The number of methoxy groups -OCH3 is 1. The Morgan fingerprint density at radius 3 is 2.52 bits per heavy atom. The number of ether oxygens (including phenoxy) is 1. The minimum atomic E-state index is -3.65. The second-order valence-electron chi connectivity index (χ2n) is 6.23. The lowest BCUT2D eigenvalue weighted by atomic mass is 10.2. The highest BCUT2D eigenvalue weighted by molar-refractivity contribution is 7.89. The van der Waals surface area contributed by atoms with Crippen LogP contribution in [0.5, 0.6) is 0 Å². The van der Waals surface area contributed by atoms with Crippen LogP contribution in [0.15, 0.2) is 59.5 Å². The number of amides is 1. The summed E-state index contributed by atoms with van der Waals surface area (Å²) in [5.41, 5.74) is 1.81. The number of nitrogens with one attached hydrogen (secondary N) is 3. The van der Waals surface area contributed by atoms with Crippen molar-refractivity contribution in [2.45, 2.75) is 17.9 Å².